The standard InChI is InChI=1S/C37H59NO7/c1-21(2)23(5)33(7)15-16-35(9)25-11-12-28-34(8)19-43-20-37(28,26(25)13-14-36(35,10)30(33)32(41)42)17-27(44-24(6)39)31(34)45-29(40)18-38-22(3)4/h13,21-23,25,27-28,30-31,38H,11-12,14-20H2,1-10H3,(H,41,42)/t23-,25+,27-,28+,30-,31+,33-,34-,35-,36+,37+/m1/s1. The second-order valence-electron chi connectivity index (χ2n) is 17.1. The number of fused-ring (bicyclic) bond motifs is 3. The molecule has 0 aromatic carbocycles. The van der Waals surface area contributed by atoms with Crippen molar-refractivity contribution in [3.8, 4) is 0 Å². The van der Waals surface area contributed by atoms with Crippen LogP contribution in [0.1, 0.15) is 108 Å². The number of carboxylic acid groups (broad SMARTS) is 1. The van der Waals surface area contributed by atoms with Crippen molar-refractivity contribution in [2.75, 3.05) is 19.8 Å². The van der Waals surface area contributed by atoms with Gasteiger partial charge >= 0.3 is 17.9 Å². The number of carbonyl (C=O) groups excluding carboxylic acids is 2. The zero-order valence-electron chi connectivity index (χ0n) is 29.5. The van der Waals surface area contributed by atoms with Gasteiger partial charge in [0.25, 0.3) is 0 Å². The smallest absolute Gasteiger partial charge is 0.320 e. The first-order chi connectivity index (χ1) is 20.9. The number of hydrogen-bond donors (Lipinski definition) is 2. The lowest BCUT2D eigenvalue weighted by Gasteiger charge is -2.71. The molecule has 0 spiro atoms. The highest BCUT2D eigenvalue weighted by atomic mass is 16.6. The number of ether oxygens (including phenoxy) is 3. The predicted octanol–water partition coefficient (Wildman–Crippen LogP) is 6.42. The van der Waals surface area contributed by atoms with Gasteiger partial charge in [0.05, 0.1) is 25.7 Å². The topological polar surface area (TPSA) is 111 Å². The van der Waals surface area contributed by atoms with E-state index in [9.17, 15) is 19.5 Å². The minimum absolute atomic E-state index is 0.0942. The van der Waals surface area contributed by atoms with Crippen molar-refractivity contribution in [3.63, 3.8) is 0 Å². The fourth-order valence-corrected chi connectivity index (χ4v) is 11.6. The summed E-state index contributed by atoms with van der Waals surface area (Å²) < 4.78 is 18.7. The quantitative estimate of drug-likeness (QED) is 0.234. The fraction of sp³-hybridized carbons (Fsp3) is 0.865. The zero-order valence-corrected chi connectivity index (χ0v) is 29.5. The highest BCUT2D eigenvalue weighted by molar-refractivity contribution is 5.73. The molecule has 5 rings (SSSR count). The summed E-state index contributed by atoms with van der Waals surface area (Å²) in [6.07, 6.45) is 6.24. The van der Waals surface area contributed by atoms with Gasteiger partial charge in [-0.3, -0.25) is 14.4 Å². The molecular weight excluding hydrogens is 570 g/mol. The molecule has 2 N–H and O–H groups in total. The van der Waals surface area contributed by atoms with Gasteiger partial charge in [0.15, 0.2) is 0 Å². The number of rotatable bonds is 8. The summed E-state index contributed by atoms with van der Waals surface area (Å²) in [5.41, 5.74) is -0.418. The summed E-state index contributed by atoms with van der Waals surface area (Å²) >= 11 is 0. The van der Waals surface area contributed by atoms with Gasteiger partial charge in [-0.25, -0.2) is 0 Å². The van der Waals surface area contributed by atoms with E-state index in [0.717, 1.165) is 25.7 Å². The second kappa shape index (κ2) is 11.6. The number of carbonyl (C=O) groups is 3. The Bertz CT molecular complexity index is 1230. The summed E-state index contributed by atoms with van der Waals surface area (Å²) in [6.45, 7) is 22.2. The summed E-state index contributed by atoms with van der Waals surface area (Å²) in [7, 11) is 0. The van der Waals surface area contributed by atoms with Gasteiger partial charge in [0.2, 0.25) is 0 Å². The molecule has 45 heavy (non-hydrogen) atoms. The minimum Gasteiger partial charge on any atom is -0.481 e. The zero-order chi connectivity index (χ0) is 33.3. The molecule has 8 nitrogen and oxygen atoms in total. The molecule has 0 amide bonds. The predicted molar refractivity (Wildman–Crippen MR) is 172 cm³/mol. The van der Waals surface area contributed by atoms with Gasteiger partial charge in [-0.1, -0.05) is 74.0 Å². The Labute approximate surface area is 270 Å². The van der Waals surface area contributed by atoms with Crippen LogP contribution in [0.15, 0.2) is 11.6 Å². The fourth-order valence-electron chi connectivity index (χ4n) is 11.6. The molecule has 0 aromatic heterocycles. The van der Waals surface area contributed by atoms with Gasteiger partial charge in [-0.05, 0) is 78.4 Å². The Morgan fingerprint density at radius 1 is 1.00 bits per heavy atom. The summed E-state index contributed by atoms with van der Waals surface area (Å²) in [5, 5.41) is 14.1. The number of esters is 2. The maximum atomic E-state index is 13.3. The number of aliphatic carboxylic acids is 1. The third-order valence-corrected chi connectivity index (χ3v) is 14.3. The monoisotopic (exact) mass is 629 g/mol. The van der Waals surface area contributed by atoms with Crippen molar-refractivity contribution < 1.29 is 33.7 Å². The first kappa shape index (κ1) is 34.4. The molecule has 0 radical (unpaired) electrons. The lowest BCUT2D eigenvalue weighted by Crippen LogP contribution is -2.70. The maximum Gasteiger partial charge on any atom is 0.320 e. The van der Waals surface area contributed by atoms with E-state index in [-0.39, 0.29) is 58.5 Å². The van der Waals surface area contributed by atoms with E-state index in [2.05, 4.69) is 59.9 Å². The molecular formula is C37H59NO7. The molecule has 0 aromatic rings. The Balaban J connectivity index is 1.56. The third kappa shape index (κ3) is 5.10. The molecule has 0 unspecified atom stereocenters. The van der Waals surface area contributed by atoms with Crippen LogP contribution in [0.3, 0.4) is 0 Å². The average molecular weight is 630 g/mol. The van der Waals surface area contributed by atoms with Gasteiger partial charge < -0.3 is 24.6 Å². The molecule has 8 heteroatoms. The van der Waals surface area contributed by atoms with Gasteiger partial charge in [0.1, 0.15) is 12.2 Å². The van der Waals surface area contributed by atoms with Crippen LogP contribution in [0, 0.1) is 56.7 Å². The molecule has 2 bridgehead atoms. The number of nitrogens with one attached hydrogen (secondary N) is 1. The van der Waals surface area contributed by atoms with Crippen molar-refractivity contribution in [1.82, 2.24) is 5.32 Å². The highest BCUT2D eigenvalue weighted by Gasteiger charge is 2.72. The van der Waals surface area contributed by atoms with E-state index < -0.39 is 34.9 Å². The van der Waals surface area contributed by atoms with Crippen molar-refractivity contribution in [2.45, 2.75) is 126 Å². The van der Waals surface area contributed by atoms with Crippen molar-refractivity contribution >= 4 is 17.9 Å². The van der Waals surface area contributed by atoms with Crippen molar-refractivity contribution in [1.29, 1.82) is 0 Å². The summed E-state index contributed by atoms with van der Waals surface area (Å²) in [6, 6.07) is 0.141. The largest absolute Gasteiger partial charge is 0.481 e. The van der Waals surface area contributed by atoms with E-state index in [0.29, 0.717) is 32.0 Å². The number of hydrogen-bond acceptors (Lipinski definition) is 7. The van der Waals surface area contributed by atoms with Crippen LogP contribution >= 0.6 is 0 Å². The van der Waals surface area contributed by atoms with Crippen LogP contribution in [0.2, 0.25) is 0 Å². The second-order valence-corrected chi connectivity index (χ2v) is 17.1. The van der Waals surface area contributed by atoms with E-state index in [1.54, 1.807) is 0 Å². The summed E-state index contributed by atoms with van der Waals surface area (Å²) in [4.78, 5) is 38.9. The van der Waals surface area contributed by atoms with E-state index in [4.69, 9.17) is 14.2 Å². The Morgan fingerprint density at radius 3 is 2.29 bits per heavy atom. The van der Waals surface area contributed by atoms with Crippen LogP contribution in [-0.4, -0.2) is 61.0 Å². The minimum atomic E-state index is -0.667. The normalized spacial score (nSPS) is 44.6. The first-order valence-corrected chi connectivity index (χ1v) is 17.5. The number of carboxylic acids is 1. The molecule has 254 valence electrons. The molecule has 4 fully saturated rings. The SMILES string of the molecule is CC(=O)O[C@@H]1C[C@@]23COC[C@](C)([C@@H]2CC[C@H]2C3=CC[C@@]3(C)[C@H](C(=O)O)[C@@](C)([C@H](C)C(C)C)CC[C@]23C)[C@H]1OC(=O)CNC(C)C. The lowest BCUT2D eigenvalue weighted by atomic mass is 9.34. The van der Waals surface area contributed by atoms with Gasteiger partial charge in [-0.2, -0.15) is 0 Å². The third-order valence-electron chi connectivity index (χ3n) is 14.3. The van der Waals surface area contributed by atoms with Crippen LogP contribution in [0.25, 0.3) is 0 Å². The van der Waals surface area contributed by atoms with E-state index in [1.807, 2.05) is 13.8 Å². The summed E-state index contributed by atoms with van der Waals surface area (Å²) in [5.74, 6) is -0.753. The molecule has 4 aliphatic carbocycles. The molecule has 1 aliphatic heterocycles. The van der Waals surface area contributed by atoms with Crippen molar-refractivity contribution in [3.05, 3.63) is 11.6 Å². The molecule has 3 saturated carbocycles. The first-order valence-electron chi connectivity index (χ1n) is 17.5. The molecule has 5 aliphatic rings. The molecule has 11 atom stereocenters. The molecule has 1 saturated heterocycles. The maximum absolute atomic E-state index is 13.3. The average Bonchev–Trinajstić information content (AvgIpc) is 2.93. The van der Waals surface area contributed by atoms with Gasteiger partial charge in [0, 0.05) is 23.8 Å². The van der Waals surface area contributed by atoms with Crippen molar-refractivity contribution in [2.24, 2.45) is 56.7 Å². The van der Waals surface area contributed by atoms with Crippen LogP contribution in [0.5, 0.6) is 0 Å². The van der Waals surface area contributed by atoms with E-state index in [1.165, 1.54) is 12.5 Å². The Kier molecular flexibility index (Phi) is 8.90. The van der Waals surface area contributed by atoms with Crippen LogP contribution in [-0.2, 0) is 28.6 Å². The number of allylic oxidation sites excluding steroid dienone is 1. The van der Waals surface area contributed by atoms with Crippen LogP contribution in [0.4, 0.5) is 0 Å². The lowest BCUT2D eigenvalue weighted by molar-refractivity contribution is -0.262. The Morgan fingerprint density at radius 2 is 1.69 bits per heavy atom. The van der Waals surface area contributed by atoms with Crippen LogP contribution < -0.4 is 5.32 Å². The van der Waals surface area contributed by atoms with E-state index >= 15 is 0 Å². The molecule has 1 heterocycles. The Hall–Kier alpha value is -1.93. The van der Waals surface area contributed by atoms with Gasteiger partial charge in [-0.15, -0.1) is 0 Å². The highest BCUT2D eigenvalue weighted by Crippen LogP contribution is 2.75.